The normalized spacial score (nSPS) is 26.4. The number of nitrogens with two attached hydrogens (primary N) is 1. The van der Waals surface area contributed by atoms with E-state index in [1.54, 1.807) is 6.20 Å². The predicted octanol–water partition coefficient (Wildman–Crippen LogP) is 1.65. The molecule has 2 N–H and O–H groups in total. The van der Waals surface area contributed by atoms with E-state index in [0.717, 1.165) is 30.7 Å². The molecule has 1 aromatic heterocycles. The third kappa shape index (κ3) is 1.87. The zero-order valence-corrected chi connectivity index (χ0v) is 8.44. The summed E-state index contributed by atoms with van der Waals surface area (Å²) in [4.78, 5) is 4.20. The Morgan fingerprint density at radius 1 is 1.50 bits per heavy atom. The molecule has 0 bridgehead atoms. The molecule has 3 heteroatoms. The Labute approximate surface area is 84.3 Å². The lowest BCUT2D eigenvalue weighted by atomic mass is 10.2. The minimum atomic E-state index is 0.156. The van der Waals surface area contributed by atoms with Crippen molar-refractivity contribution in [3.8, 4) is 5.88 Å². The summed E-state index contributed by atoms with van der Waals surface area (Å²) >= 11 is 0. The lowest BCUT2D eigenvalue weighted by Crippen LogP contribution is -2.33. The molecular weight excluding hydrogens is 176 g/mol. The van der Waals surface area contributed by atoms with Gasteiger partial charge in [0.1, 0.15) is 6.10 Å². The molecule has 2 atom stereocenters. The standard InChI is InChI=1S/C11H16N2O/c1-8-4-3-7-13-11(8)14-10-6-2-5-9(10)12/h3-4,7,9-10H,2,5-6,12H2,1H3/t9-,10-/m1/s1. The number of nitrogens with zero attached hydrogens (tertiary/aromatic N) is 1. The van der Waals surface area contributed by atoms with Crippen molar-refractivity contribution in [2.45, 2.75) is 38.3 Å². The van der Waals surface area contributed by atoms with Gasteiger partial charge in [0.05, 0.1) is 0 Å². The van der Waals surface area contributed by atoms with Gasteiger partial charge in [-0.3, -0.25) is 0 Å². The van der Waals surface area contributed by atoms with Crippen LogP contribution in [0.5, 0.6) is 5.88 Å². The summed E-state index contributed by atoms with van der Waals surface area (Å²) in [6, 6.07) is 4.09. The van der Waals surface area contributed by atoms with Gasteiger partial charge in [0.15, 0.2) is 0 Å². The quantitative estimate of drug-likeness (QED) is 0.775. The molecule has 3 nitrogen and oxygen atoms in total. The summed E-state index contributed by atoms with van der Waals surface area (Å²) in [5, 5.41) is 0. The molecule has 0 spiro atoms. The number of hydrogen-bond donors (Lipinski definition) is 1. The molecule has 0 saturated heterocycles. The Morgan fingerprint density at radius 2 is 2.36 bits per heavy atom. The van der Waals surface area contributed by atoms with Gasteiger partial charge in [-0.2, -0.15) is 0 Å². The highest BCUT2D eigenvalue weighted by Crippen LogP contribution is 2.23. The van der Waals surface area contributed by atoms with E-state index < -0.39 is 0 Å². The molecule has 0 aliphatic heterocycles. The summed E-state index contributed by atoms with van der Waals surface area (Å²) in [6.07, 6.45) is 5.19. The lowest BCUT2D eigenvalue weighted by Gasteiger charge is -2.17. The molecule has 1 saturated carbocycles. The lowest BCUT2D eigenvalue weighted by molar-refractivity contribution is 0.182. The van der Waals surface area contributed by atoms with Gasteiger partial charge >= 0.3 is 0 Å². The highest BCUT2D eigenvalue weighted by Gasteiger charge is 2.26. The first-order valence-electron chi connectivity index (χ1n) is 5.11. The summed E-state index contributed by atoms with van der Waals surface area (Å²) in [5.41, 5.74) is 7.00. The van der Waals surface area contributed by atoms with Crippen LogP contribution in [0.2, 0.25) is 0 Å². The maximum atomic E-state index is 5.92. The zero-order chi connectivity index (χ0) is 9.97. The summed E-state index contributed by atoms with van der Waals surface area (Å²) in [7, 11) is 0. The Balaban J connectivity index is 2.07. The molecule has 2 rings (SSSR count). The molecule has 1 fully saturated rings. The first-order chi connectivity index (χ1) is 6.77. The van der Waals surface area contributed by atoms with Gasteiger partial charge in [-0.05, 0) is 32.3 Å². The topological polar surface area (TPSA) is 48.1 Å². The Bertz CT molecular complexity index is 314. The molecule has 0 radical (unpaired) electrons. The molecule has 14 heavy (non-hydrogen) atoms. The molecule has 1 aromatic rings. The summed E-state index contributed by atoms with van der Waals surface area (Å²) in [6.45, 7) is 2.00. The Morgan fingerprint density at radius 3 is 3.00 bits per heavy atom. The third-order valence-corrected chi connectivity index (χ3v) is 2.73. The molecule has 1 aliphatic carbocycles. The van der Waals surface area contributed by atoms with Gasteiger partial charge in [-0.25, -0.2) is 4.98 Å². The first kappa shape index (κ1) is 9.46. The van der Waals surface area contributed by atoms with E-state index in [1.807, 2.05) is 19.1 Å². The molecular formula is C11H16N2O. The molecule has 0 aromatic carbocycles. The highest BCUT2D eigenvalue weighted by molar-refractivity contribution is 5.23. The monoisotopic (exact) mass is 192 g/mol. The van der Waals surface area contributed by atoms with Gasteiger partial charge in [-0.1, -0.05) is 6.07 Å². The van der Waals surface area contributed by atoms with Gasteiger partial charge in [0.2, 0.25) is 5.88 Å². The van der Waals surface area contributed by atoms with E-state index in [1.165, 1.54) is 0 Å². The Kier molecular flexibility index (Phi) is 2.68. The van der Waals surface area contributed by atoms with Gasteiger partial charge in [0.25, 0.3) is 0 Å². The van der Waals surface area contributed by atoms with Crippen LogP contribution >= 0.6 is 0 Å². The van der Waals surface area contributed by atoms with Crippen molar-refractivity contribution < 1.29 is 4.74 Å². The number of aryl methyl sites for hydroxylation is 1. The molecule has 1 heterocycles. The third-order valence-electron chi connectivity index (χ3n) is 2.73. The van der Waals surface area contributed by atoms with Crippen LogP contribution in [-0.2, 0) is 0 Å². The maximum absolute atomic E-state index is 5.92. The number of hydrogen-bond acceptors (Lipinski definition) is 3. The van der Waals surface area contributed by atoms with E-state index >= 15 is 0 Å². The molecule has 0 unspecified atom stereocenters. The fourth-order valence-electron chi connectivity index (χ4n) is 1.84. The van der Waals surface area contributed by atoms with Crippen LogP contribution < -0.4 is 10.5 Å². The fourth-order valence-corrected chi connectivity index (χ4v) is 1.84. The van der Waals surface area contributed by atoms with Crippen LogP contribution in [0.3, 0.4) is 0 Å². The van der Waals surface area contributed by atoms with Crippen LogP contribution in [0, 0.1) is 6.92 Å². The van der Waals surface area contributed by atoms with E-state index in [2.05, 4.69) is 4.98 Å². The molecule has 1 aliphatic rings. The highest BCUT2D eigenvalue weighted by atomic mass is 16.5. The van der Waals surface area contributed by atoms with Gasteiger partial charge in [-0.15, -0.1) is 0 Å². The van der Waals surface area contributed by atoms with E-state index in [4.69, 9.17) is 10.5 Å². The van der Waals surface area contributed by atoms with E-state index in [-0.39, 0.29) is 12.1 Å². The van der Waals surface area contributed by atoms with E-state index in [0.29, 0.717) is 0 Å². The fraction of sp³-hybridized carbons (Fsp3) is 0.545. The van der Waals surface area contributed by atoms with Gasteiger partial charge in [0, 0.05) is 17.8 Å². The second kappa shape index (κ2) is 3.96. The van der Waals surface area contributed by atoms with Crippen molar-refractivity contribution in [3.63, 3.8) is 0 Å². The van der Waals surface area contributed by atoms with Crippen LogP contribution in [0.1, 0.15) is 24.8 Å². The zero-order valence-electron chi connectivity index (χ0n) is 8.44. The average molecular weight is 192 g/mol. The first-order valence-corrected chi connectivity index (χ1v) is 5.11. The molecule has 76 valence electrons. The molecule has 0 amide bonds. The smallest absolute Gasteiger partial charge is 0.216 e. The number of pyridine rings is 1. The van der Waals surface area contributed by atoms with Crippen LogP contribution in [-0.4, -0.2) is 17.1 Å². The van der Waals surface area contributed by atoms with Crippen molar-refractivity contribution in [2.75, 3.05) is 0 Å². The van der Waals surface area contributed by atoms with Crippen molar-refractivity contribution in [1.82, 2.24) is 4.98 Å². The minimum absolute atomic E-state index is 0.156. The summed E-state index contributed by atoms with van der Waals surface area (Å²) < 4.78 is 5.78. The number of ether oxygens (including phenoxy) is 1. The number of rotatable bonds is 2. The van der Waals surface area contributed by atoms with Crippen LogP contribution in [0.15, 0.2) is 18.3 Å². The largest absolute Gasteiger partial charge is 0.473 e. The van der Waals surface area contributed by atoms with Gasteiger partial charge < -0.3 is 10.5 Å². The predicted molar refractivity (Wildman–Crippen MR) is 55.2 cm³/mol. The average Bonchev–Trinajstić information content (AvgIpc) is 2.56. The van der Waals surface area contributed by atoms with Crippen molar-refractivity contribution >= 4 is 0 Å². The maximum Gasteiger partial charge on any atom is 0.216 e. The SMILES string of the molecule is Cc1cccnc1O[C@@H]1CCC[C@H]1N. The van der Waals surface area contributed by atoms with Crippen molar-refractivity contribution in [2.24, 2.45) is 5.73 Å². The minimum Gasteiger partial charge on any atom is -0.473 e. The van der Waals surface area contributed by atoms with Crippen molar-refractivity contribution in [1.29, 1.82) is 0 Å². The Hall–Kier alpha value is -1.09. The second-order valence-electron chi connectivity index (χ2n) is 3.88. The second-order valence-corrected chi connectivity index (χ2v) is 3.88. The summed E-state index contributed by atoms with van der Waals surface area (Å²) in [5.74, 6) is 0.731. The number of aromatic nitrogens is 1. The van der Waals surface area contributed by atoms with Crippen molar-refractivity contribution in [3.05, 3.63) is 23.9 Å². The van der Waals surface area contributed by atoms with E-state index in [9.17, 15) is 0 Å². The van der Waals surface area contributed by atoms with Crippen LogP contribution in [0.4, 0.5) is 0 Å². The van der Waals surface area contributed by atoms with Crippen LogP contribution in [0.25, 0.3) is 0 Å².